The van der Waals surface area contributed by atoms with E-state index in [-0.39, 0.29) is 12.5 Å². The Bertz CT molecular complexity index is 825. The normalized spacial score (nSPS) is 10.8. The number of hydrogen-bond acceptors (Lipinski definition) is 4. The summed E-state index contributed by atoms with van der Waals surface area (Å²) in [6.45, 7) is 0.151. The first-order valence-corrected chi connectivity index (χ1v) is 7.26. The molecule has 0 aliphatic rings. The van der Waals surface area contributed by atoms with Crippen molar-refractivity contribution in [2.45, 2.75) is 0 Å². The van der Waals surface area contributed by atoms with E-state index in [1.54, 1.807) is 18.6 Å². The fraction of sp³-hybridized carbons (Fsp3) is 0.0556. The molecule has 2 aromatic carbocycles. The van der Waals surface area contributed by atoms with Crippen LogP contribution in [0.4, 0.5) is 5.69 Å². The molecule has 1 amide bonds. The zero-order chi connectivity index (χ0) is 15.9. The lowest BCUT2D eigenvalue weighted by Gasteiger charge is -2.08. The number of nitrogens with one attached hydrogen (secondary N) is 2. The van der Waals surface area contributed by atoms with Gasteiger partial charge in [0.15, 0.2) is 0 Å². The molecule has 2 N–H and O–H groups in total. The van der Waals surface area contributed by atoms with Crippen molar-refractivity contribution >= 4 is 28.6 Å². The fourth-order valence-corrected chi connectivity index (χ4v) is 2.23. The molecule has 0 saturated heterocycles. The number of aromatic nitrogens is 1. The second-order valence-electron chi connectivity index (χ2n) is 4.96. The average molecular weight is 304 g/mol. The van der Waals surface area contributed by atoms with E-state index < -0.39 is 0 Å². The Morgan fingerprint density at radius 3 is 2.83 bits per heavy atom. The number of rotatable bonds is 5. The number of benzene rings is 2. The Labute approximate surface area is 134 Å². The lowest BCUT2D eigenvalue weighted by Crippen LogP contribution is -2.25. The lowest BCUT2D eigenvalue weighted by atomic mass is 10.1. The Morgan fingerprint density at radius 1 is 1.09 bits per heavy atom. The van der Waals surface area contributed by atoms with Gasteiger partial charge in [0, 0.05) is 29.0 Å². The standard InChI is InChI=1S/C18H16N4O/c23-18(22-21-12-14-5-4-10-19-11-14)13-20-17-9-3-7-15-6-1-2-8-16(15)17/h1-12,20H,13H2,(H,22,23)/b21-12-. The number of fused-ring (bicyclic) bond motifs is 1. The van der Waals surface area contributed by atoms with Gasteiger partial charge < -0.3 is 5.32 Å². The molecule has 0 bridgehead atoms. The summed E-state index contributed by atoms with van der Waals surface area (Å²) >= 11 is 0. The summed E-state index contributed by atoms with van der Waals surface area (Å²) in [5.74, 6) is -0.210. The molecule has 0 fully saturated rings. The van der Waals surface area contributed by atoms with Gasteiger partial charge in [-0.05, 0) is 17.5 Å². The van der Waals surface area contributed by atoms with Crippen LogP contribution < -0.4 is 10.7 Å². The highest BCUT2D eigenvalue weighted by Gasteiger charge is 2.02. The van der Waals surface area contributed by atoms with E-state index in [4.69, 9.17) is 0 Å². The highest BCUT2D eigenvalue weighted by molar-refractivity contribution is 5.95. The van der Waals surface area contributed by atoms with Crippen molar-refractivity contribution in [1.29, 1.82) is 0 Å². The zero-order valence-electron chi connectivity index (χ0n) is 12.4. The van der Waals surface area contributed by atoms with Crippen LogP contribution in [0.2, 0.25) is 0 Å². The van der Waals surface area contributed by atoms with E-state index in [2.05, 4.69) is 20.8 Å². The molecule has 0 spiro atoms. The molecular weight excluding hydrogens is 288 g/mol. The minimum absolute atomic E-state index is 0.151. The summed E-state index contributed by atoms with van der Waals surface area (Å²) in [6, 6.07) is 17.7. The predicted octanol–water partition coefficient (Wildman–Crippen LogP) is 2.80. The third kappa shape index (κ3) is 3.91. The largest absolute Gasteiger partial charge is 0.376 e. The van der Waals surface area contributed by atoms with Crippen molar-refractivity contribution < 1.29 is 4.79 Å². The number of carbonyl (C=O) groups excluding carboxylic acids is 1. The van der Waals surface area contributed by atoms with Crippen LogP contribution in [0.1, 0.15) is 5.56 Å². The first kappa shape index (κ1) is 14.7. The van der Waals surface area contributed by atoms with Crippen LogP contribution in [-0.4, -0.2) is 23.7 Å². The molecular formula is C18H16N4O. The van der Waals surface area contributed by atoms with Crippen LogP contribution in [0.25, 0.3) is 10.8 Å². The molecule has 114 valence electrons. The number of pyridine rings is 1. The summed E-state index contributed by atoms with van der Waals surface area (Å²) in [5, 5.41) is 9.27. The quantitative estimate of drug-likeness (QED) is 0.562. The van der Waals surface area contributed by atoms with E-state index in [0.717, 1.165) is 22.0 Å². The Kier molecular flexibility index (Phi) is 4.59. The molecule has 5 nitrogen and oxygen atoms in total. The maximum atomic E-state index is 11.8. The number of anilines is 1. The highest BCUT2D eigenvalue weighted by Crippen LogP contribution is 2.22. The molecule has 3 aromatic rings. The van der Waals surface area contributed by atoms with E-state index in [1.807, 2.05) is 54.6 Å². The van der Waals surface area contributed by atoms with Gasteiger partial charge in [-0.15, -0.1) is 0 Å². The molecule has 0 radical (unpaired) electrons. The molecule has 0 saturated carbocycles. The summed E-state index contributed by atoms with van der Waals surface area (Å²) < 4.78 is 0. The van der Waals surface area contributed by atoms with Gasteiger partial charge in [-0.1, -0.05) is 42.5 Å². The van der Waals surface area contributed by atoms with Crippen molar-refractivity contribution in [2.75, 3.05) is 11.9 Å². The number of carbonyl (C=O) groups is 1. The van der Waals surface area contributed by atoms with Gasteiger partial charge in [0.05, 0.1) is 12.8 Å². The first-order chi connectivity index (χ1) is 11.3. The molecule has 3 rings (SSSR count). The van der Waals surface area contributed by atoms with Crippen LogP contribution >= 0.6 is 0 Å². The number of hydrogen-bond donors (Lipinski definition) is 2. The van der Waals surface area contributed by atoms with Crippen LogP contribution in [0, 0.1) is 0 Å². The Hall–Kier alpha value is -3.21. The summed E-state index contributed by atoms with van der Waals surface area (Å²) in [6.07, 6.45) is 4.91. The first-order valence-electron chi connectivity index (χ1n) is 7.26. The molecule has 1 aromatic heterocycles. The predicted molar refractivity (Wildman–Crippen MR) is 92.4 cm³/mol. The van der Waals surface area contributed by atoms with Gasteiger partial charge in [0.25, 0.3) is 5.91 Å². The molecule has 0 aliphatic carbocycles. The molecule has 23 heavy (non-hydrogen) atoms. The van der Waals surface area contributed by atoms with Gasteiger partial charge in [0.2, 0.25) is 0 Å². The SMILES string of the molecule is O=C(CNc1cccc2ccccc12)N/N=C\c1cccnc1. The summed E-state index contributed by atoms with van der Waals surface area (Å²) in [4.78, 5) is 15.8. The van der Waals surface area contributed by atoms with E-state index in [9.17, 15) is 4.79 Å². The maximum Gasteiger partial charge on any atom is 0.259 e. The molecule has 0 atom stereocenters. The fourth-order valence-electron chi connectivity index (χ4n) is 2.23. The van der Waals surface area contributed by atoms with Gasteiger partial charge in [-0.3, -0.25) is 9.78 Å². The third-order valence-corrected chi connectivity index (χ3v) is 3.32. The van der Waals surface area contributed by atoms with Crippen molar-refractivity contribution in [2.24, 2.45) is 5.10 Å². The zero-order valence-corrected chi connectivity index (χ0v) is 12.4. The van der Waals surface area contributed by atoms with E-state index in [0.29, 0.717) is 0 Å². The van der Waals surface area contributed by atoms with Crippen molar-refractivity contribution in [3.05, 3.63) is 72.6 Å². The highest BCUT2D eigenvalue weighted by atomic mass is 16.2. The van der Waals surface area contributed by atoms with E-state index >= 15 is 0 Å². The molecule has 0 aliphatic heterocycles. The lowest BCUT2D eigenvalue weighted by molar-refractivity contribution is -0.119. The Morgan fingerprint density at radius 2 is 1.96 bits per heavy atom. The minimum atomic E-state index is -0.210. The van der Waals surface area contributed by atoms with E-state index in [1.165, 1.54) is 0 Å². The topological polar surface area (TPSA) is 66.4 Å². The van der Waals surface area contributed by atoms with Gasteiger partial charge >= 0.3 is 0 Å². The smallest absolute Gasteiger partial charge is 0.259 e. The van der Waals surface area contributed by atoms with Crippen LogP contribution in [-0.2, 0) is 4.79 Å². The number of hydrazone groups is 1. The average Bonchev–Trinajstić information content (AvgIpc) is 2.61. The van der Waals surface area contributed by atoms with Gasteiger partial charge in [0.1, 0.15) is 0 Å². The van der Waals surface area contributed by atoms with Crippen LogP contribution in [0.5, 0.6) is 0 Å². The monoisotopic (exact) mass is 304 g/mol. The van der Waals surface area contributed by atoms with Crippen molar-refractivity contribution in [3.63, 3.8) is 0 Å². The maximum absolute atomic E-state index is 11.8. The minimum Gasteiger partial charge on any atom is -0.376 e. The van der Waals surface area contributed by atoms with Gasteiger partial charge in [-0.2, -0.15) is 5.10 Å². The van der Waals surface area contributed by atoms with Gasteiger partial charge in [-0.25, -0.2) is 5.43 Å². The van der Waals surface area contributed by atoms with Crippen molar-refractivity contribution in [1.82, 2.24) is 10.4 Å². The number of amides is 1. The summed E-state index contributed by atoms with van der Waals surface area (Å²) in [7, 11) is 0. The second kappa shape index (κ2) is 7.17. The molecule has 5 heteroatoms. The second-order valence-corrected chi connectivity index (χ2v) is 4.96. The van der Waals surface area contributed by atoms with Crippen LogP contribution in [0.15, 0.2) is 72.1 Å². The molecule has 1 heterocycles. The molecule has 0 unspecified atom stereocenters. The van der Waals surface area contributed by atoms with Crippen LogP contribution in [0.3, 0.4) is 0 Å². The van der Waals surface area contributed by atoms with Crippen molar-refractivity contribution in [3.8, 4) is 0 Å². The third-order valence-electron chi connectivity index (χ3n) is 3.32. The Balaban J connectivity index is 1.57. The number of nitrogens with zero attached hydrogens (tertiary/aromatic N) is 2. The summed E-state index contributed by atoms with van der Waals surface area (Å²) in [5.41, 5.74) is 4.24.